The number of hydrogen-bond acceptors (Lipinski definition) is 6. The van der Waals surface area contributed by atoms with Crippen LogP contribution in [0.3, 0.4) is 0 Å². The summed E-state index contributed by atoms with van der Waals surface area (Å²) in [6.45, 7) is 7.24. The third-order valence-corrected chi connectivity index (χ3v) is 6.03. The molecule has 0 radical (unpaired) electrons. The number of ketones is 1. The maximum absolute atomic E-state index is 14.1. The molecule has 0 amide bonds. The van der Waals surface area contributed by atoms with Crippen molar-refractivity contribution in [1.82, 2.24) is 5.32 Å². The molecule has 166 valence electrons. The van der Waals surface area contributed by atoms with Crippen molar-refractivity contribution in [2.24, 2.45) is 11.8 Å². The highest BCUT2D eigenvalue weighted by atomic mass is 19.1. The number of dihydropyridines is 1. The lowest BCUT2D eigenvalue weighted by molar-refractivity contribution is -0.151. The fraction of sp³-hybridized carbons (Fsp3) is 0.458. The number of benzene rings is 1. The van der Waals surface area contributed by atoms with E-state index in [4.69, 9.17) is 9.47 Å². The average molecular weight is 429 g/mol. The van der Waals surface area contributed by atoms with Crippen LogP contribution in [0.25, 0.3) is 0 Å². The molecule has 31 heavy (non-hydrogen) atoms. The summed E-state index contributed by atoms with van der Waals surface area (Å²) in [6, 6.07) is 5.82. The summed E-state index contributed by atoms with van der Waals surface area (Å²) in [5.41, 5.74) is 2.19. The second-order valence-electron chi connectivity index (χ2n) is 8.21. The van der Waals surface area contributed by atoms with Gasteiger partial charge >= 0.3 is 11.9 Å². The van der Waals surface area contributed by atoms with Crippen molar-refractivity contribution in [2.45, 2.75) is 52.6 Å². The van der Waals surface area contributed by atoms with Gasteiger partial charge in [-0.05, 0) is 50.3 Å². The lowest BCUT2D eigenvalue weighted by Crippen LogP contribution is -2.43. The summed E-state index contributed by atoms with van der Waals surface area (Å²) in [5.74, 6) is -4.17. The molecule has 0 aromatic heterocycles. The molecule has 0 saturated heterocycles. The Hall–Kier alpha value is -2.96. The highest BCUT2D eigenvalue weighted by molar-refractivity contribution is 6.12. The number of rotatable bonds is 5. The normalized spacial score (nSPS) is 24.3. The monoisotopic (exact) mass is 429 g/mol. The molecule has 7 heteroatoms. The SMILES string of the molecule is CC[C@H](C)OC(=O)C1=C(C)NC2=C(C(=O)[C@@H](C(=O)OC)[C@@H](C)C2)[C@@H]1c1cccc(F)c1. The van der Waals surface area contributed by atoms with Crippen molar-refractivity contribution in [2.75, 3.05) is 7.11 Å². The van der Waals surface area contributed by atoms with Gasteiger partial charge in [-0.1, -0.05) is 26.0 Å². The molecule has 1 N–H and O–H groups in total. The van der Waals surface area contributed by atoms with E-state index >= 15 is 0 Å². The number of hydrogen-bond donors (Lipinski definition) is 1. The van der Waals surface area contributed by atoms with Crippen LogP contribution in [0.5, 0.6) is 0 Å². The zero-order chi connectivity index (χ0) is 22.9. The number of ether oxygens (including phenoxy) is 2. The topological polar surface area (TPSA) is 81.7 Å². The van der Waals surface area contributed by atoms with Crippen molar-refractivity contribution in [3.63, 3.8) is 0 Å². The zero-order valence-corrected chi connectivity index (χ0v) is 18.5. The van der Waals surface area contributed by atoms with Crippen LogP contribution in [0.2, 0.25) is 0 Å². The molecule has 0 bridgehead atoms. The van der Waals surface area contributed by atoms with E-state index in [9.17, 15) is 18.8 Å². The quantitative estimate of drug-likeness (QED) is 0.567. The highest BCUT2D eigenvalue weighted by Crippen LogP contribution is 2.45. The molecule has 0 spiro atoms. The number of carbonyl (C=O) groups excluding carboxylic acids is 3. The van der Waals surface area contributed by atoms with Crippen LogP contribution in [-0.4, -0.2) is 30.9 Å². The lowest BCUT2D eigenvalue weighted by Gasteiger charge is -2.38. The summed E-state index contributed by atoms with van der Waals surface area (Å²) >= 11 is 0. The maximum Gasteiger partial charge on any atom is 0.337 e. The van der Waals surface area contributed by atoms with Crippen molar-refractivity contribution in [3.05, 3.63) is 58.2 Å². The Balaban J connectivity index is 2.17. The van der Waals surface area contributed by atoms with Crippen LogP contribution in [0.4, 0.5) is 4.39 Å². The van der Waals surface area contributed by atoms with Crippen molar-refractivity contribution >= 4 is 17.7 Å². The van der Waals surface area contributed by atoms with Crippen LogP contribution in [0.15, 0.2) is 46.8 Å². The van der Waals surface area contributed by atoms with Gasteiger partial charge in [-0.2, -0.15) is 0 Å². The summed E-state index contributed by atoms with van der Waals surface area (Å²) in [7, 11) is 1.24. The van der Waals surface area contributed by atoms with Gasteiger partial charge in [0.15, 0.2) is 5.78 Å². The largest absolute Gasteiger partial charge is 0.468 e. The smallest absolute Gasteiger partial charge is 0.337 e. The van der Waals surface area contributed by atoms with Gasteiger partial charge in [-0.15, -0.1) is 0 Å². The summed E-state index contributed by atoms with van der Waals surface area (Å²) in [4.78, 5) is 39.0. The molecule has 0 fully saturated rings. The predicted octanol–water partition coefficient (Wildman–Crippen LogP) is 3.78. The van der Waals surface area contributed by atoms with Gasteiger partial charge in [0, 0.05) is 22.9 Å². The molecule has 1 aromatic carbocycles. The number of halogens is 1. The maximum atomic E-state index is 14.1. The number of esters is 2. The van der Waals surface area contributed by atoms with Crippen molar-refractivity contribution < 1.29 is 28.2 Å². The van der Waals surface area contributed by atoms with Gasteiger partial charge in [0.25, 0.3) is 0 Å². The second kappa shape index (κ2) is 9.04. The molecule has 3 rings (SSSR count). The van der Waals surface area contributed by atoms with Crippen LogP contribution in [0.1, 0.15) is 52.0 Å². The molecular formula is C24H28FNO5. The zero-order valence-electron chi connectivity index (χ0n) is 18.5. The molecule has 0 saturated carbocycles. The second-order valence-corrected chi connectivity index (χ2v) is 8.21. The van der Waals surface area contributed by atoms with Crippen molar-refractivity contribution in [3.8, 4) is 0 Å². The molecular weight excluding hydrogens is 401 g/mol. The van der Waals surface area contributed by atoms with Gasteiger partial charge in [0.1, 0.15) is 11.7 Å². The Morgan fingerprint density at radius 1 is 1.32 bits per heavy atom. The minimum Gasteiger partial charge on any atom is -0.468 e. The van der Waals surface area contributed by atoms with E-state index in [0.29, 0.717) is 35.4 Å². The molecule has 0 unspecified atom stereocenters. The lowest BCUT2D eigenvalue weighted by atomic mass is 9.69. The van der Waals surface area contributed by atoms with E-state index in [2.05, 4.69) is 5.32 Å². The minimum atomic E-state index is -0.980. The molecule has 4 atom stereocenters. The Labute approximate surface area is 181 Å². The minimum absolute atomic E-state index is 0.246. The van der Waals surface area contributed by atoms with E-state index in [-0.39, 0.29) is 17.6 Å². The van der Waals surface area contributed by atoms with Gasteiger partial charge in [-0.3, -0.25) is 9.59 Å². The van der Waals surface area contributed by atoms with Gasteiger partial charge in [-0.25, -0.2) is 9.18 Å². The summed E-state index contributed by atoms with van der Waals surface area (Å²) < 4.78 is 24.6. The Bertz CT molecular complexity index is 980. The summed E-state index contributed by atoms with van der Waals surface area (Å²) in [5, 5.41) is 3.18. The van der Waals surface area contributed by atoms with Gasteiger partial charge in [0.05, 0.1) is 18.8 Å². The third-order valence-electron chi connectivity index (χ3n) is 6.03. The number of methoxy groups -OCH3 is 1. The molecule has 6 nitrogen and oxygen atoms in total. The fourth-order valence-electron chi connectivity index (χ4n) is 4.30. The third kappa shape index (κ3) is 4.27. The van der Waals surface area contributed by atoms with Crippen LogP contribution in [-0.2, 0) is 23.9 Å². The highest BCUT2D eigenvalue weighted by Gasteiger charge is 2.47. The number of carbonyl (C=O) groups is 3. The van der Waals surface area contributed by atoms with Gasteiger partial charge < -0.3 is 14.8 Å². The van der Waals surface area contributed by atoms with Gasteiger partial charge in [0.2, 0.25) is 0 Å². The molecule has 1 aliphatic heterocycles. The van der Waals surface area contributed by atoms with Crippen LogP contribution < -0.4 is 5.32 Å². The fourth-order valence-corrected chi connectivity index (χ4v) is 4.30. The first kappa shape index (κ1) is 22.7. The first-order valence-electron chi connectivity index (χ1n) is 10.5. The number of allylic oxidation sites excluding steroid dienone is 3. The molecule has 1 aromatic rings. The Morgan fingerprint density at radius 3 is 2.65 bits per heavy atom. The number of Topliss-reactive ketones (excluding diaryl/α,β-unsaturated/α-hetero) is 1. The van der Waals surface area contributed by atoms with E-state index in [1.54, 1.807) is 19.9 Å². The van der Waals surface area contributed by atoms with Crippen LogP contribution >= 0.6 is 0 Å². The first-order chi connectivity index (χ1) is 14.7. The van der Waals surface area contributed by atoms with E-state index in [0.717, 1.165) is 0 Å². The van der Waals surface area contributed by atoms with Crippen molar-refractivity contribution in [1.29, 1.82) is 0 Å². The van der Waals surface area contributed by atoms with E-state index in [1.165, 1.54) is 25.3 Å². The van der Waals surface area contributed by atoms with Crippen LogP contribution in [0, 0.1) is 17.7 Å². The Morgan fingerprint density at radius 2 is 2.03 bits per heavy atom. The molecule has 1 heterocycles. The molecule has 1 aliphatic carbocycles. The summed E-state index contributed by atoms with van der Waals surface area (Å²) in [6.07, 6.45) is 0.740. The molecule has 2 aliphatic rings. The van der Waals surface area contributed by atoms with E-state index in [1.807, 2.05) is 13.8 Å². The van der Waals surface area contributed by atoms with E-state index < -0.39 is 35.4 Å². The first-order valence-corrected chi connectivity index (χ1v) is 10.5. The predicted molar refractivity (Wildman–Crippen MR) is 112 cm³/mol. The average Bonchev–Trinajstić information content (AvgIpc) is 2.72. The Kier molecular flexibility index (Phi) is 6.62. The standard InChI is InChI=1S/C24H28FNO5/c1-6-13(3)31-24(29)19-14(4)26-17-10-12(2)18(23(28)30-5)22(27)21(17)20(19)15-8-7-9-16(25)11-15/h7-9,11-13,18,20,26H,6,10H2,1-5H3/t12-,13-,18-,20+/m0/s1. The number of nitrogens with one attached hydrogen (secondary N) is 1.